The molecule has 2 nitrogen and oxygen atoms in total. The van der Waals surface area contributed by atoms with Crippen molar-refractivity contribution in [3.8, 4) is 0 Å². The van der Waals surface area contributed by atoms with Gasteiger partial charge < -0.3 is 5.73 Å². The molecule has 1 rings (SSSR count). The summed E-state index contributed by atoms with van der Waals surface area (Å²) >= 11 is 5.96. The van der Waals surface area contributed by atoms with Crippen molar-refractivity contribution in [3.63, 3.8) is 0 Å². The predicted octanol–water partition coefficient (Wildman–Crippen LogP) is 3.85. The second-order valence-corrected chi connectivity index (χ2v) is 5.43. The summed E-state index contributed by atoms with van der Waals surface area (Å²) in [4.78, 5) is 2.44. The molecule has 2 atom stereocenters. The fourth-order valence-electron chi connectivity index (χ4n) is 2.45. The normalized spacial score (nSPS) is 15.1. The van der Waals surface area contributed by atoms with Crippen LogP contribution in [0.15, 0.2) is 24.3 Å². The summed E-state index contributed by atoms with van der Waals surface area (Å²) in [7, 11) is 0. The first-order chi connectivity index (χ1) is 8.51. The van der Waals surface area contributed by atoms with Gasteiger partial charge >= 0.3 is 0 Å². The highest BCUT2D eigenvalue weighted by atomic mass is 35.5. The third-order valence-corrected chi connectivity index (χ3v) is 3.73. The second-order valence-electron chi connectivity index (χ2n) is 4.99. The number of likely N-dealkylation sites (N-methyl/N-ethyl adjacent to an activating group) is 1. The Morgan fingerprint density at radius 2 is 1.72 bits per heavy atom. The Balaban J connectivity index is 3.07. The van der Waals surface area contributed by atoms with Crippen molar-refractivity contribution >= 4 is 11.6 Å². The van der Waals surface area contributed by atoms with Crippen molar-refractivity contribution < 1.29 is 0 Å². The Kier molecular flexibility index (Phi) is 6.13. The van der Waals surface area contributed by atoms with Gasteiger partial charge in [-0.05, 0) is 44.5 Å². The molecule has 0 fully saturated rings. The molecule has 0 saturated heterocycles. The minimum absolute atomic E-state index is 0.147. The van der Waals surface area contributed by atoms with Crippen LogP contribution in [-0.4, -0.2) is 23.5 Å². The minimum Gasteiger partial charge on any atom is -0.326 e. The van der Waals surface area contributed by atoms with Gasteiger partial charge in [-0.1, -0.05) is 37.6 Å². The van der Waals surface area contributed by atoms with E-state index in [1.807, 2.05) is 12.1 Å². The molecule has 1 aromatic carbocycles. The summed E-state index contributed by atoms with van der Waals surface area (Å²) < 4.78 is 0. The Bertz CT molecular complexity index is 348. The molecule has 0 aliphatic rings. The van der Waals surface area contributed by atoms with Crippen LogP contribution < -0.4 is 5.73 Å². The summed E-state index contributed by atoms with van der Waals surface area (Å²) in [6.45, 7) is 9.76. The lowest BCUT2D eigenvalue weighted by molar-refractivity contribution is 0.138. The minimum atomic E-state index is 0.147. The highest BCUT2D eigenvalue weighted by Crippen LogP contribution is 2.27. The first-order valence-electron chi connectivity index (χ1n) is 6.78. The van der Waals surface area contributed by atoms with Crippen molar-refractivity contribution in [2.45, 2.75) is 52.2 Å². The van der Waals surface area contributed by atoms with Crippen LogP contribution in [-0.2, 0) is 0 Å². The molecule has 0 bridgehead atoms. The molecule has 2 unspecified atom stereocenters. The van der Waals surface area contributed by atoms with E-state index < -0.39 is 0 Å². The zero-order valence-corrected chi connectivity index (χ0v) is 12.6. The summed E-state index contributed by atoms with van der Waals surface area (Å²) in [6, 6.07) is 8.96. The van der Waals surface area contributed by atoms with Crippen LogP contribution in [0.5, 0.6) is 0 Å². The molecule has 1 aromatic rings. The van der Waals surface area contributed by atoms with Gasteiger partial charge in [0.15, 0.2) is 0 Å². The Labute approximate surface area is 116 Å². The number of nitrogens with zero attached hydrogens (tertiary/aromatic N) is 1. The predicted molar refractivity (Wildman–Crippen MR) is 80.0 cm³/mol. The van der Waals surface area contributed by atoms with Crippen LogP contribution in [0.2, 0.25) is 5.02 Å². The van der Waals surface area contributed by atoms with Crippen molar-refractivity contribution in [1.82, 2.24) is 4.90 Å². The molecule has 0 amide bonds. The van der Waals surface area contributed by atoms with E-state index in [1.54, 1.807) is 0 Å². The smallest absolute Gasteiger partial charge is 0.0501 e. The zero-order valence-electron chi connectivity index (χ0n) is 11.9. The Morgan fingerprint density at radius 3 is 2.11 bits per heavy atom. The van der Waals surface area contributed by atoms with E-state index in [1.165, 1.54) is 5.56 Å². The fraction of sp³-hybridized carbons (Fsp3) is 0.600. The first-order valence-corrected chi connectivity index (χ1v) is 7.15. The molecular formula is C15H25ClN2. The van der Waals surface area contributed by atoms with Crippen LogP contribution in [0, 0.1) is 0 Å². The molecule has 0 aliphatic carbocycles. The molecule has 0 radical (unpaired) electrons. The van der Waals surface area contributed by atoms with E-state index in [4.69, 9.17) is 17.3 Å². The number of hydrogen-bond donors (Lipinski definition) is 1. The first kappa shape index (κ1) is 15.5. The zero-order chi connectivity index (χ0) is 13.7. The lowest BCUT2D eigenvalue weighted by Crippen LogP contribution is -2.44. The van der Waals surface area contributed by atoms with Crippen molar-refractivity contribution in [2.24, 2.45) is 5.73 Å². The van der Waals surface area contributed by atoms with Crippen LogP contribution in [0.4, 0.5) is 0 Å². The highest BCUT2D eigenvalue weighted by molar-refractivity contribution is 6.30. The molecule has 18 heavy (non-hydrogen) atoms. The van der Waals surface area contributed by atoms with E-state index in [-0.39, 0.29) is 12.1 Å². The van der Waals surface area contributed by atoms with Gasteiger partial charge in [-0.2, -0.15) is 0 Å². The van der Waals surface area contributed by atoms with Gasteiger partial charge in [-0.25, -0.2) is 0 Å². The number of hydrogen-bond acceptors (Lipinski definition) is 2. The largest absolute Gasteiger partial charge is 0.326 e. The van der Waals surface area contributed by atoms with E-state index >= 15 is 0 Å². The highest BCUT2D eigenvalue weighted by Gasteiger charge is 2.26. The van der Waals surface area contributed by atoms with E-state index in [0.29, 0.717) is 6.04 Å². The number of halogens is 1. The van der Waals surface area contributed by atoms with E-state index in [9.17, 15) is 0 Å². The van der Waals surface area contributed by atoms with Crippen molar-refractivity contribution in [3.05, 3.63) is 34.9 Å². The third kappa shape index (κ3) is 3.71. The lowest BCUT2D eigenvalue weighted by atomic mass is 9.95. The summed E-state index contributed by atoms with van der Waals surface area (Å²) in [5.41, 5.74) is 7.58. The maximum absolute atomic E-state index is 6.33. The Hall–Kier alpha value is -0.570. The molecule has 0 aromatic heterocycles. The average Bonchev–Trinajstić information content (AvgIpc) is 2.36. The fourth-order valence-corrected chi connectivity index (χ4v) is 2.58. The van der Waals surface area contributed by atoms with Crippen molar-refractivity contribution in [1.29, 1.82) is 0 Å². The van der Waals surface area contributed by atoms with Gasteiger partial charge in [-0.3, -0.25) is 4.90 Å². The monoisotopic (exact) mass is 268 g/mol. The SMILES string of the molecule is CCC(N)C(c1ccc(Cl)cc1)N(CC)C(C)C. The van der Waals surface area contributed by atoms with Gasteiger partial charge in [-0.15, -0.1) is 0 Å². The van der Waals surface area contributed by atoms with Gasteiger partial charge in [0.2, 0.25) is 0 Å². The maximum atomic E-state index is 6.33. The number of rotatable bonds is 6. The van der Waals surface area contributed by atoms with Gasteiger partial charge in [0.1, 0.15) is 0 Å². The summed E-state index contributed by atoms with van der Waals surface area (Å²) in [6.07, 6.45) is 0.969. The van der Waals surface area contributed by atoms with Gasteiger partial charge in [0.05, 0.1) is 6.04 Å². The van der Waals surface area contributed by atoms with Crippen LogP contribution in [0.3, 0.4) is 0 Å². The van der Waals surface area contributed by atoms with E-state index in [0.717, 1.165) is 18.0 Å². The molecule has 0 aliphatic heterocycles. The summed E-state index contributed by atoms with van der Waals surface area (Å²) in [5.74, 6) is 0. The molecule has 0 spiro atoms. The van der Waals surface area contributed by atoms with Crippen LogP contribution >= 0.6 is 11.6 Å². The number of benzene rings is 1. The van der Waals surface area contributed by atoms with Gasteiger partial charge in [0.25, 0.3) is 0 Å². The molecule has 0 heterocycles. The van der Waals surface area contributed by atoms with Crippen molar-refractivity contribution in [2.75, 3.05) is 6.54 Å². The molecule has 102 valence electrons. The quantitative estimate of drug-likeness (QED) is 0.849. The third-order valence-electron chi connectivity index (χ3n) is 3.47. The van der Waals surface area contributed by atoms with Gasteiger partial charge in [0, 0.05) is 17.1 Å². The Morgan fingerprint density at radius 1 is 1.17 bits per heavy atom. The number of nitrogens with two attached hydrogens (primary N) is 1. The molecule has 3 heteroatoms. The maximum Gasteiger partial charge on any atom is 0.0501 e. The molecular weight excluding hydrogens is 244 g/mol. The topological polar surface area (TPSA) is 29.3 Å². The average molecular weight is 269 g/mol. The van der Waals surface area contributed by atoms with Crippen LogP contribution in [0.1, 0.15) is 45.7 Å². The van der Waals surface area contributed by atoms with E-state index in [2.05, 4.69) is 44.7 Å². The molecule has 0 saturated carbocycles. The van der Waals surface area contributed by atoms with Crippen LogP contribution in [0.25, 0.3) is 0 Å². The standard InChI is InChI=1S/C15H25ClN2/c1-5-14(17)15(18(6-2)11(3)4)12-7-9-13(16)10-8-12/h7-11,14-15H,5-6,17H2,1-4H3. The molecule has 2 N–H and O–H groups in total. The lowest BCUT2D eigenvalue weighted by Gasteiger charge is -2.37. The summed E-state index contributed by atoms with van der Waals surface area (Å²) in [5, 5.41) is 0.773. The second kappa shape index (κ2) is 7.13.